The van der Waals surface area contributed by atoms with E-state index in [4.69, 9.17) is 34.1 Å². The van der Waals surface area contributed by atoms with Crippen LogP contribution in [0.25, 0.3) is 245 Å². The molecule has 12 heteroatoms. The van der Waals surface area contributed by atoms with Crippen molar-refractivity contribution in [2.24, 2.45) is 0 Å². The van der Waals surface area contributed by atoms with Gasteiger partial charge in [0.05, 0.1) is 71.8 Å². The van der Waals surface area contributed by atoms with Gasteiger partial charge in [-0.15, -0.1) is 22.7 Å². The lowest BCUT2D eigenvalue weighted by molar-refractivity contribution is 0.271. The molecule has 2 atom stereocenters. The molecule has 10 nitrogen and oxygen atoms in total. The van der Waals surface area contributed by atoms with Crippen LogP contribution in [-0.2, 0) is 0 Å². The number of fused-ring (bicyclic) bond motifs is 27. The van der Waals surface area contributed by atoms with Gasteiger partial charge >= 0.3 is 0 Å². The Morgan fingerprint density at radius 3 is 1.44 bits per heavy atom. The molecule has 1 aliphatic heterocycles. The predicted octanol–water partition coefficient (Wildman–Crippen LogP) is 32.4. The van der Waals surface area contributed by atoms with Crippen LogP contribution in [0.1, 0.15) is 11.5 Å². The first-order chi connectivity index (χ1) is 66.0. The molecule has 133 heavy (non-hydrogen) atoms. The van der Waals surface area contributed by atoms with Crippen molar-refractivity contribution >= 4 is 183 Å². The average molecular weight is 1740 g/mol. The third-order valence-electron chi connectivity index (χ3n) is 26.8. The van der Waals surface area contributed by atoms with Gasteiger partial charge in [0.1, 0.15) is 28.8 Å². The first-order valence-corrected chi connectivity index (χ1v) is 46.6. The minimum Gasteiger partial charge on any atom is -0.484 e. The maximum absolute atomic E-state index is 6.63. The van der Waals surface area contributed by atoms with E-state index in [1.165, 1.54) is 95.5 Å². The first kappa shape index (κ1) is 76.1. The van der Waals surface area contributed by atoms with Crippen molar-refractivity contribution in [1.29, 1.82) is 0 Å². The van der Waals surface area contributed by atoms with Crippen LogP contribution in [0.5, 0.6) is 5.75 Å². The highest BCUT2D eigenvalue weighted by Crippen LogP contribution is 2.52. The lowest BCUT2D eigenvalue weighted by atomic mass is 9.91. The molecule has 0 saturated heterocycles. The van der Waals surface area contributed by atoms with Crippen LogP contribution in [0.4, 0.5) is 0 Å². The first-order valence-electron chi connectivity index (χ1n) is 45.0. The molecule has 2 unspecified atom stereocenters. The Balaban J connectivity index is 0.000000102. The standard InChI is InChI=1S/C44H25N3OS.C39H24N2S.C38H25N3O/c1-2-11-26(12-3-1)27-21-22-33-37(25-27)47(36-24-23-30-28-13-5-8-19-38(28)48-42(30)40(33)36)44-45-35-18-7-4-15-32(35)41(46-44)34-17-10-16-31-29-14-6-9-20-39(29)49-43(31)34;1-2-10-25(11-3-1)26-18-20-27(21-19-26)32-24-37(40-33-15-7-4-12-28(32)33)41-34-16-8-5-14-31(34)38-35(41)23-22-30-29-13-6-9-17-36(29)42-39(30)38;1-3-11-24(12-4-1)26-19-21-31-30(23-26)36(25-13-5-2-6-14-25)40-38(39-31)41-32-17-9-7-16-29(32)35-33(41)22-20-28-27-15-8-10-18-34(27)42-37(28)35/h1-25H;1-24H;1-23,27,34H. The lowest BCUT2D eigenvalue weighted by Crippen LogP contribution is -2.15. The SMILES string of the molecule is C1=CC2Oc3c(ccc4c3c3ccccc3n4-c3nc(-c4ccccc4)c4cc(-c5ccccc5)ccc4n3)C2C=C1.c1ccc(-c2ccc(-c3cc(-n4c5ccccc5c5c6sc7ccccc7c6ccc54)nc4ccccc34)cc2)cc1.c1ccc(-c2ccc3c4c5oc6ccccc6c5ccc4n(-c4nc(-c5cccc6c5sc5ccccc56)c5ccccc5n4)c3c2)cc1. The summed E-state index contributed by atoms with van der Waals surface area (Å²) in [6, 6.07) is 146. The van der Waals surface area contributed by atoms with Crippen LogP contribution in [0, 0.1) is 0 Å². The topological polar surface area (TPSA) is 102 Å². The molecule has 1 aliphatic carbocycles. The quantitative estimate of drug-likeness (QED) is 0.142. The highest BCUT2D eigenvalue weighted by atomic mass is 32.1. The van der Waals surface area contributed by atoms with Gasteiger partial charge in [0, 0.05) is 111 Å². The second-order valence-electron chi connectivity index (χ2n) is 34.3. The zero-order valence-corrected chi connectivity index (χ0v) is 73.1. The van der Waals surface area contributed by atoms with Crippen molar-refractivity contribution < 1.29 is 9.15 Å². The fourth-order valence-electron chi connectivity index (χ4n) is 20.7. The van der Waals surface area contributed by atoms with E-state index in [1.807, 2.05) is 46.9 Å². The molecule has 9 aromatic heterocycles. The van der Waals surface area contributed by atoms with E-state index in [-0.39, 0.29) is 12.0 Å². The number of thiophene rings is 2. The number of furan rings is 1. The number of hydrogen-bond acceptors (Lipinski definition) is 9. The molecule has 18 aromatic carbocycles. The number of allylic oxidation sites excluding steroid dienone is 2. The summed E-state index contributed by atoms with van der Waals surface area (Å²) in [5.74, 6) is 3.41. The summed E-state index contributed by atoms with van der Waals surface area (Å²) >= 11 is 3.71. The molecule has 0 saturated carbocycles. The minimum atomic E-state index is 0.0260. The molecule has 0 amide bonds. The molecular weight excluding hydrogens is 1660 g/mol. The Hall–Kier alpha value is -17.0. The summed E-state index contributed by atoms with van der Waals surface area (Å²) in [4.78, 5) is 26.5. The maximum Gasteiger partial charge on any atom is 0.235 e. The summed E-state index contributed by atoms with van der Waals surface area (Å²) in [7, 11) is 0. The third-order valence-corrected chi connectivity index (χ3v) is 29.2. The van der Waals surface area contributed by atoms with Gasteiger partial charge < -0.3 is 9.15 Å². The summed E-state index contributed by atoms with van der Waals surface area (Å²) in [5, 5.41) is 17.6. The summed E-state index contributed by atoms with van der Waals surface area (Å²) in [5.41, 5.74) is 25.7. The molecule has 622 valence electrons. The maximum atomic E-state index is 6.63. The van der Waals surface area contributed by atoms with Crippen LogP contribution in [0.3, 0.4) is 0 Å². The Morgan fingerprint density at radius 1 is 0.256 bits per heavy atom. The Kier molecular flexibility index (Phi) is 17.6. The normalized spacial score (nSPS) is 13.6. The number of benzene rings is 18. The molecule has 0 N–H and O–H groups in total. The van der Waals surface area contributed by atoms with Crippen molar-refractivity contribution in [1.82, 2.24) is 38.6 Å². The van der Waals surface area contributed by atoms with Crippen molar-refractivity contribution in [3.8, 4) is 90.5 Å². The Bertz CT molecular complexity index is 9520. The Labute approximate surface area is 770 Å². The number of rotatable bonds is 9. The summed E-state index contributed by atoms with van der Waals surface area (Å²) in [6.45, 7) is 0. The highest BCUT2D eigenvalue weighted by Gasteiger charge is 2.36. The number of pyridine rings is 1. The lowest BCUT2D eigenvalue weighted by Gasteiger charge is -2.13. The molecule has 0 radical (unpaired) electrons. The van der Waals surface area contributed by atoms with Gasteiger partial charge in [-0.05, 0) is 142 Å². The Morgan fingerprint density at radius 2 is 0.729 bits per heavy atom. The van der Waals surface area contributed by atoms with E-state index < -0.39 is 0 Å². The summed E-state index contributed by atoms with van der Waals surface area (Å²) < 4.78 is 25.2. The van der Waals surface area contributed by atoms with Crippen molar-refractivity contribution in [3.63, 3.8) is 0 Å². The smallest absolute Gasteiger partial charge is 0.235 e. The van der Waals surface area contributed by atoms with Gasteiger partial charge in [-0.25, -0.2) is 24.9 Å². The van der Waals surface area contributed by atoms with E-state index in [2.05, 4.69) is 426 Å². The van der Waals surface area contributed by atoms with Crippen LogP contribution in [0.15, 0.2) is 441 Å². The van der Waals surface area contributed by atoms with Crippen LogP contribution in [0.2, 0.25) is 0 Å². The summed E-state index contributed by atoms with van der Waals surface area (Å²) in [6.07, 6.45) is 8.61. The number of aromatic nitrogens is 8. The second-order valence-corrected chi connectivity index (χ2v) is 36.4. The molecule has 0 spiro atoms. The number of ether oxygens (including phenoxy) is 1. The number of para-hydroxylation sites is 5. The van der Waals surface area contributed by atoms with E-state index in [1.54, 1.807) is 0 Å². The van der Waals surface area contributed by atoms with Crippen molar-refractivity contribution in [2.75, 3.05) is 0 Å². The van der Waals surface area contributed by atoms with Crippen LogP contribution >= 0.6 is 22.7 Å². The molecule has 10 heterocycles. The molecule has 29 rings (SSSR count). The second kappa shape index (κ2) is 30.9. The highest BCUT2D eigenvalue weighted by molar-refractivity contribution is 7.27. The van der Waals surface area contributed by atoms with Crippen LogP contribution in [-0.4, -0.2) is 44.7 Å². The van der Waals surface area contributed by atoms with E-state index in [9.17, 15) is 0 Å². The monoisotopic (exact) mass is 1730 g/mol. The molecule has 27 aromatic rings. The molecule has 0 fully saturated rings. The van der Waals surface area contributed by atoms with Gasteiger partial charge in [-0.1, -0.05) is 340 Å². The largest absolute Gasteiger partial charge is 0.484 e. The molecule has 0 bridgehead atoms. The zero-order valence-electron chi connectivity index (χ0n) is 71.4. The van der Waals surface area contributed by atoms with Gasteiger partial charge in [0.2, 0.25) is 11.9 Å². The number of nitrogens with zero attached hydrogens (tertiary/aromatic N) is 8. The average Bonchev–Trinajstić information content (AvgIpc) is 1.57. The van der Waals surface area contributed by atoms with E-state index >= 15 is 0 Å². The minimum absolute atomic E-state index is 0.0260. The van der Waals surface area contributed by atoms with E-state index in [0.29, 0.717) is 11.9 Å². The third kappa shape index (κ3) is 12.4. The zero-order chi connectivity index (χ0) is 87.3. The molecule has 2 aliphatic rings. The van der Waals surface area contributed by atoms with E-state index in [0.717, 1.165) is 149 Å². The molecular formula is C121H74N8O2S2. The van der Waals surface area contributed by atoms with Gasteiger partial charge in [0.25, 0.3) is 0 Å². The fourth-order valence-corrected chi connectivity index (χ4v) is 23.2. The fraction of sp³-hybridized carbons (Fsp3) is 0.0165. The van der Waals surface area contributed by atoms with Gasteiger partial charge in [0.15, 0.2) is 0 Å². The van der Waals surface area contributed by atoms with Gasteiger partial charge in [-0.3, -0.25) is 13.7 Å². The van der Waals surface area contributed by atoms with Crippen molar-refractivity contribution in [2.45, 2.75) is 12.0 Å². The predicted molar refractivity (Wildman–Crippen MR) is 555 cm³/mol. The van der Waals surface area contributed by atoms with Crippen molar-refractivity contribution in [3.05, 3.63) is 442 Å². The number of hydrogen-bond donors (Lipinski definition) is 0. The van der Waals surface area contributed by atoms with Gasteiger partial charge in [-0.2, -0.15) is 0 Å². The van der Waals surface area contributed by atoms with Crippen LogP contribution < -0.4 is 4.74 Å².